The normalized spacial score (nSPS) is 16.7. The van der Waals surface area contributed by atoms with Crippen molar-refractivity contribution in [1.82, 2.24) is 13.8 Å². The van der Waals surface area contributed by atoms with Crippen LogP contribution in [0.15, 0.2) is 71.4 Å². The number of carbonyl (C=O) groups excluding carboxylic acids is 1. The molecule has 0 aliphatic carbocycles. The third-order valence-electron chi connectivity index (χ3n) is 7.37. The van der Waals surface area contributed by atoms with E-state index in [4.69, 9.17) is 27.9 Å². The number of hydrogen-bond acceptors (Lipinski definition) is 7. The Morgan fingerprint density at radius 1 is 0.976 bits per heavy atom. The number of rotatable bonds is 5. The smallest absolute Gasteiger partial charge is 0.407 e. The van der Waals surface area contributed by atoms with Crippen LogP contribution in [0.25, 0.3) is 17.0 Å². The maximum absolute atomic E-state index is 13.7. The summed E-state index contributed by atoms with van der Waals surface area (Å²) in [5, 5.41) is 20.4. The second-order valence-electron chi connectivity index (χ2n) is 9.88. The lowest BCUT2D eigenvalue weighted by Crippen LogP contribution is -2.47. The minimum atomic E-state index is -4.23. The fourth-order valence-electron chi connectivity index (χ4n) is 5.23. The molecule has 2 aliphatic rings. The van der Waals surface area contributed by atoms with Gasteiger partial charge in [-0.3, -0.25) is 9.69 Å². The van der Waals surface area contributed by atoms with E-state index >= 15 is 0 Å². The summed E-state index contributed by atoms with van der Waals surface area (Å²) in [7, 11) is -4.23. The topological polar surface area (TPSA) is 129 Å². The number of allylic oxidation sites excluding steroid dienone is 1. The van der Waals surface area contributed by atoms with Gasteiger partial charge in [-0.05, 0) is 36.4 Å². The zero-order valence-corrected chi connectivity index (χ0v) is 24.2. The van der Waals surface area contributed by atoms with Gasteiger partial charge in [0.1, 0.15) is 16.4 Å². The van der Waals surface area contributed by atoms with E-state index in [1.165, 1.54) is 41.4 Å². The number of hydrogen-bond donors (Lipinski definition) is 2. The molecule has 1 aromatic heterocycles. The molecule has 6 rings (SSSR count). The maximum Gasteiger partial charge on any atom is 0.407 e. The van der Waals surface area contributed by atoms with Gasteiger partial charge in [-0.15, -0.1) is 0 Å². The first-order valence-corrected chi connectivity index (χ1v) is 15.0. The predicted molar refractivity (Wildman–Crippen MR) is 157 cm³/mol. The monoisotopic (exact) mass is 627 g/mol. The number of phenols is 1. The Bertz CT molecular complexity index is 1890. The molecule has 42 heavy (non-hydrogen) atoms. The van der Waals surface area contributed by atoms with Gasteiger partial charge in [0.2, 0.25) is 5.78 Å². The number of phenolic OH excluding ortho intramolecular Hbond substituents is 1. The molecule has 10 nitrogen and oxygen atoms in total. The molecule has 1 saturated heterocycles. The number of fused-ring (bicyclic) bond motifs is 2. The number of nitrogens with zero attached hydrogens (tertiary/aromatic N) is 3. The van der Waals surface area contributed by atoms with E-state index in [-0.39, 0.29) is 44.3 Å². The Morgan fingerprint density at radius 2 is 1.67 bits per heavy atom. The van der Waals surface area contributed by atoms with E-state index in [0.717, 1.165) is 3.97 Å². The maximum atomic E-state index is 13.7. The standard InChI is InChI=1S/C29H23Cl2N3O7S/c30-21-5-3-6-22(31)28(21)42(39,40)34-15-17(18-4-1-2-7-23(18)34)14-25-26(36)19-8-9-24(35)20(27(19)41-25)16-32-10-12-33(13-11-32)29(37)38/h1-9,14-15,35H,10-13,16H2,(H,37,38)/b25-14-. The van der Waals surface area contributed by atoms with Crippen molar-refractivity contribution < 1.29 is 33.0 Å². The van der Waals surface area contributed by atoms with Gasteiger partial charge >= 0.3 is 6.09 Å². The fraction of sp³-hybridized carbons (Fsp3) is 0.172. The van der Waals surface area contributed by atoms with Crippen molar-refractivity contribution in [2.24, 2.45) is 0 Å². The van der Waals surface area contributed by atoms with Crippen LogP contribution in [0.5, 0.6) is 11.5 Å². The van der Waals surface area contributed by atoms with Gasteiger partial charge in [0.15, 0.2) is 5.76 Å². The SMILES string of the molecule is O=C1/C(=C/c2cn(S(=O)(=O)c3c(Cl)cccc3Cl)c3ccccc23)Oc2c1ccc(O)c2CN1CCN(C(=O)O)CC1. The first-order chi connectivity index (χ1) is 20.1. The molecule has 4 aromatic rings. The molecule has 0 saturated carbocycles. The molecule has 1 fully saturated rings. The lowest BCUT2D eigenvalue weighted by molar-refractivity contribution is 0.101. The van der Waals surface area contributed by atoms with Crippen molar-refractivity contribution in [1.29, 1.82) is 0 Å². The van der Waals surface area contributed by atoms with Crippen molar-refractivity contribution >= 4 is 62.1 Å². The Labute approximate surface area is 250 Å². The van der Waals surface area contributed by atoms with Crippen LogP contribution in [-0.2, 0) is 16.6 Å². The van der Waals surface area contributed by atoms with E-state index in [2.05, 4.69) is 0 Å². The zero-order valence-electron chi connectivity index (χ0n) is 21.8. The van der Waals surface area contributed by atoms with Crippen molar-refractivity contribution in [2.45, 2.75) is 11.4 Å². The largest absolute Gasteiger partial charge is 0.507 e. The molecule has 0 spiro atoms. The van der Waals surface area contributed by atoms with Gasteiger partial charge in [-0.1, -0.05) is 47.5 Å². The van der Waals surface area contributed by atoms with Crippen LogP contribution >= 0.6 is 23.2 Å². The molecule has 3 aromatic carbocycles. The summed E-state index contributed by atoms with van der Waals surface area (Å²) in [6, 6.07) is 14.1. The van der Waals surface area contributed by atoms with E-state index in [1.54, 1.807) is 30.3 Å². The minimum absolute atomic E-state index is 0.0262. The lowest BCUT2D eigenvalue weighted by atomic mass is 10.0. The molecule has 0 bridgehead atoms. The second-order valence-corrected chi connectivity index (χ2v) is 12.4. The summed E-state index contributed by atoms with van der Waals surface area (Å²) >= 11 is 12.5. The van der Waals surface area contributed by atoms with Crippen molar-refractivity contribution in [3.8, 4) is 11.5 Å². The van der Waals surface area contributed by atoms with E-state index in [1.807, 2.05) is 4.90 Å². The number of halogens is 2. The highest BCUT2D eigenvalue weighted by Gasteiger charge is 2.33. The van der Waals surface area contributed by atoms with Gasteiger partial charge in [0.05, 0.1) is 26.7 Å². The molecule has 2 aliphatic heterocycles. The Kier molecular flexibility index (Phi) is 7.14. The molecule has 2 N–H and O–H groups in total. The van der Waals surface area contributed by atoms with Crippen LogP contribution in [0.3, 0.4) is 0 Å². The number of benzene rings is 3. The van der Waals surface area contributed by atoms with Crippen LogP contribution < -0.4 is 4.74 Å². The van der Waals surface area contributed by atoms with Gasteiger partial charge in [-0.2, -0.15) is 0 Å². The Balaban J connectivity index is 1.37. The summed E-state index contributed by atoms with van der Waals surface area (Å²) in [6.45, 7) is 1.80. The molecule has 13 heteroatoms. The minimum Gasteiger partial charge on any atom is -0.507 e. The summed E-state index contributed by atoms with van der Waals surface area (Å²) < 4.78 is 34.5. The van der Waals surface area contributed by atoms with E-state index in [9.17, 15) is 28.2 Å². The predicted octanol–water partition coefficient (Wildman–Crippen LogP) is 5.30. The summed E-state index contributed by atoms with van der Waals surface area (Å²) in [6.07, 6.45) is 1.87. The third kappa shape index (κ3) is 4.78. The van der Waals surface area contributed by atoms with Gasteiger partial charge in [0, 0.05) is 49.9 Å². The number of amides is 1. The summed E-state index contributed by atoms with van der Waals surface area (Å²) in [5.41, 5.74) is 1.43. The van der Waals surface area contributed by atoms with Crippen LogP contribution in [0.4, 0.5) is 4.79 Å². The van der Waals surface area contributed by atoms with Crippen molar-refractivity contribution in [2.75, 3.05) is 26.2 Å². The van der Waals surface area contributed by atoms with Crippen LogP contribution in [0.1, 0.15) is 21.5 Å². The average Bonchev–Trinajstić information content (AvgIpc) is 3.48. The van der Waals surface area contributed by atoms with Crippen molar-refractivity contribution in [3.63, 3.8) is 0 Å². The number of carbonyl (C=O) groups is 2. The molecule has 0 radical (unpaired) electrons. The van der Waals surface area contributed by atoms with Crippen LogP contribution in [0.2, 0.25) is 10.0 Å². The summed E-state index contributed by atoms with van der Waals surface area (Å²) in [4.78, 5) is 27.7. The molecule has 1 amide bonds. The first-order valence-electron chi connectivity index (χ1n) is 12.8. The third-order valence-corrected chi connectivity index (χ3v) is 10.0. The molecule has 0 atom stereocenters. The highest BCUT2D eigenvalue weighted by atomic mass is 35.5. The van der Waals surface area contributed by atoms with Gasteiger partial charge in [-0.25, -0.2) is 17.2 Å². The highest BCUT2D eigenvalue weighted by molar-refractivity contribution is 7.90. The van der Waals surface area contributed by atoms with Gasteiger partial charge in [0.25, 0.3) is 10.0 Å². The van der Waals surface area contributed by atoms with Crippen LogP contribution in [0, 0.1) is 0 Å². The molecular weight excluding hydrogens is 605 g/mol. The number of aromatic nitrogens is 1. The Morgan fingerprint density at radius 3 is 2.36 bits per heavy atom. The number of ether oxygens (including phenoxy) is 1. The molecule has 0 unspecified atom stereocenters. The second kappa shape index (κ2) is 10.7. The van der Waals surface area contributed by atoms with E-state index in [0.29, 0.717) is 48.2 Å². The average molecular weight is 628 g/mol. The Hall–Kier alpha value is -4.03. The fourth-order valence-corrected chi connectivity index (χ4v) is 7.71. The number of aromatic hydroxyl groups is 1. The molecular formula is C29H23Cl2N3O7S. The van der Waals surface area contributed by atoms with Crippen LogP contribution in [-0.4, -0.2) is 70.5 Å². The van der Waals surface area contributed by atoms with Gasteiger partial charge < -0.3 is 19.8 Å². The highest BCUT2D eigenvalue weighted by Crippen LogP contribution is 2.41. The van der Waals surface area contributed by atoms with Crippen molar-refractivity contribution in [3.05, 3.63) is 93.3 Å². The number of para-hydroxylation sites is 1. The zero-order chi connectivity index (χ0) is 29.8. The summed E-state index contributed by atoms with van der Waals surface area (Å²) in [5.74, 6) is -0.298. The first kappa shape index (κ1) is 28.1. The quantitative estimate of drug-likeness (QED) is 0.285. The number of ketones is 1. The molecule has 3 heterocycles. The number of Topliss-reactive ketones (excluding diaryl/α,β-unsaturated/α-hetero) is 1. The number of piperazine rings is 1. The lowest BCUT2D eigenvalue weighted by Gasteiger charge is -2.33. The molecule has 216 valence electrons. The number of carboxylic acid groups (broad SMARTS) is 1. The van der Waals surface area contributed by atoms with E-state index < -0.39 is 21.9 Å².